The van der Waals surface area contributed by atoms with E-state index in [2.05, 4.69) is 20.5 Å². The summed E-state index contributed by atoms with van der Waals surface area (Å²) in [5.74, 6) is 3.38. The van der Waals surface area contributed by atoms with Gasteiger partial charge in [-0.2, -0.15) is 0 Å². The Hall–Kier alpha value is -2.61. The number of benzene rings is 1. The fraction of sp³-hybridized carbons (Fsp3) is 0.526. The Kier molecular flexibility index (Phi) is 8.06. The van der Waals surface area contributed by atoms with Gasteiger partial charge in [-0.1, -0.05) is 18.2 Å². The van der Waals surface area contributed by atoms with Gasteiger partial charge in [0.1, 0.15) is 24.7 Å². The van der Waals surface area contributed by atoms with Gasteiger partial charge in [-0.25, -0.2) is 4.99 Å². The molecule has 0 radical (unpaired) electrons. The molecule has 0 aliphatic rings. The second-order valence-electron chi connectivity index (χ2n) is 6.32. The van der Waals surface area contributed by atoms with Crippen molar-refractivity contribution in [3.8, 4) is 5.75 Å². The van der Waals surface area contributed by atoms with Crippen LogP contribution in [0.3, 0.4) is 0 Å². The first-order valence-corrected chi connectivity index (χ1v) is 9.04. The number of ether oxygens (including phenoxy) is 2. The second kappa shape index (κ2) is 10.5. The largest absolute Gasteiger partial charge is 0.491 e. The Morgan fingerprint density at radius 1 is 1.22 bits per heavy atom. The SMILES string of the molecule is COCCNC(=NCc1nnc(C)n1C)N(C)CCOc1ccccc1C. The zero-order valence-electron chi connectivity index (χ0n) is 16.9. The Bertz CT molecular complexity index is 744. The Morgan fingerprint density at radius 3 is 2.67 bits per heavy atom. The third-order valence-corrected chi connectivity index (χ3v) is 4.28. The molecule has 1 aromatic heterocycles. The summed E-state index contributed by atoms with van der Waals surface area (Å²) in [5, 5.41) is 11.6. The number of methoxy groups -OCH3 is 1. The molecule has 1 N–H and O–H groups in total. The van der Waals surface area contributed by atoms with Crippen LogP contribution >= 0.6 is 0 Å². The van der Waals surface area contributed by atoms with Gasteiger partial charge >= 0.3 is 0 Å². The molecule has 0 unspecified atom stereocenters. The monoisotopic (exact) mass is 374 g/mol. The highest BCUT2D eigenvalue weighted by Gasteiger charge is 2.09. The number of hydrogen-bond donors (Lipinski definition) is 1. The summed E-state index contributed by atoms with van der Waals surface area (Å²) < 4.78 is 13.0. The van der Waals surface area contributed by atoms with Crippen molar-refractivity contribution in [2.75, 3.05) is 40.5 Å². The molecule has 2 rings (SSSR count). The fourth-order valence-electron chi connectivity index (χ4n) is 2.43. The molecule has 2 aromatic rings. The predicted octanol–water partition coefficient (Wildman–Crippen LogP) is 1.53. The van der Waals surface area contributed by atoms with E-state index in [1.165, 1.54) is 0 Å². The van der Waals surface area contributed by atoms with E-state index in [-0.39, 0.29) is 0 Å². The van der Waals surface area contributed by atoms with Gasteiger partial charge < -0.3 is 24.3 Å². The zero-order valence-corrected chi connectivity index (χ0v) is 16.9. The van der Waals surface area contributed by atoms with Gasteiger partial charge in [0.15, 0.2) is 11.8 Å². The smallest absolute Gasteiger partial charge is 0.194 e. The average Bonchev–Trinajstić information content (AvgIpc) is 2.98. The van der Waals surface area contributed by atoms with Gasteiger partial charge in [0, 0.05) is 27.7 Å². The standard InChI is InChI=1S/C19H30N6O2/c1-15-8-6-7-9-17(15)27-13-11-24(3)19(20-10-12-26-5)21-14-18-23-22-16(2)25(18)4/h6-9H,10-14H2,1-5H3,(H,20,21). The number of hydrogen-bond acceptors (Lipinski definition) is 5. The lowest BCUT2D eigenvalue weighted by Crippen LogP contribution is -2.42. The first-order valence-electron chi connectivity index (χ1n) is 9.04. The molecule has 0 bridgehead atoms. The van der Waals surface area contributed by atoms with Crippen molar-refractivity contribution >= 4 is 5.96 Å². The van der Waals surface area contributed by atoms with E-state index >= 15 is 0 Å². The quantitative estimate of drug-likeness (QED) is 0.408. The molecule has 0 saturated heterocycles. The first-order chi connectivity index (χ1) is 13.0. The van der Waals surface area contributed by atoms with E-state index in [4.69, 9.17) is 9.47 Å². The molecule has 0 spiro atoms. The molecule has 0 amide bonds. The minimum absolute atomic E-state index is 0.454. The fourth-order valence-corrected chi connectivity index (χ4v) is 2.43. The van der Waals surface area contributed by atoms with Crippen LogP contribution < -0.4 is 10.1 Å². The minimum Gasteiger partial charge on any atom is -0.491 e. The van der Waals surface area contributed by atoms with Gasteiger partial charge in [-0.15, -0.1) is 10.2 Å². The maximum Gasteiger partial charge on any atom is 0.194 e. The van der Waals surface area contributed by atoms with E-state index in [1.54, 1.807) is 7.11 Å². The number of rotatable bonds is 9. The summed E-state index contributed by atoms with van der Waals surface area (Å²) in [6.07, 6.45) is 0. The highest BCUT2D eigenvalue weighted by atomic mass is 16.5. The number of aromatic nitrogens is 3. The topological polar surface area (TPSA) is 76.8 Å². The highest BCUT2D eigenvalue weighted by molar-refractivity contribution is 5.79. The lowest BCUT2D eigenvalue weighted by Gasteiger charge is -2.22. The van der Waals surface area contributed by atoms with Crippen molar-refractivity contribution in [3.05, 3.63) is 41.5 Å². The second-order valence-corrected chi connectivity index (χ2v) is 6.32. The molecule has 0 fully saturated rings. The Balaban J connectivity index is 1.95. The van der Waals surface area contributed by atoms with Crippen molar-refractivity contribution in [2.45, 2.75) is 20.4 Å². The van der Waals surface area contributed by atoms with Crippen LogP contribution in [-0.4, -0.2) is 66.1 Å². The van der Waals surface area contributed by atoms with Crippen LogP contribution in [0.5, 0.6) is 5.75 Å². The van der Waals surface area contributed by atoms with Crippen molar-refractivity contribution in [1.29, 1.82) is 0 Å². The van der Waals surface area contributed by atoms with Gasteiger partial charge in [0.25, 0.3) is 0 Å². The van der Waals surface area contributed by atoms with E-state index in [0.717, 1.165) is 28.9 Å². The molecule has 1 heterocycles. The van der Waals surface area contributed by atoms with Crippen LogP contribution in [-0.2, 0) is 18.3 Å². The van der Waals surface area contributed by atoms with Gasteiger partial charge in [0.05, 0.1) is 13.2 Å². The molecule has 8 heteroatoms. The molecule has 0 aliphatic carbocycles. The van der Waals surface area contributed by atoms with Crippen molar-refractivity contribution in [2.24, 2.45) is 12.0 Å². The third-order valence-electron chi connectivity index (χ3n) is 4.28. The Labute approximate surface area is 161 Å². The lowest BCUT2D eigenvalue weighted by molar-refractivity contribution is 0.202. The maximum atomic E-state index is 5.89. The normalized spacial score (nSPS) is 11.5. The number of nitrogens with one attached hydrogen (secondary N) is 1. The molecule has 8 nitrogen and oxygen atoms in total. The number of nitrogens with zero attached hydrogens (tertiary/aromatic N) is 5. The predicted molar refractivity (Wildman–Crippen MR) is 106 cm³/mol. The average molecular weight is 374 g/mol. The number of aliphatic imine (C=N–C) groups is 1. The summed E-state index contributed by atoms with van der Waals surface area (Å²) in [6, 6.07) is 8.01. The minimum atomic E-state index is 0.454. The number of guanidine groups is 1. The summed E-state index contributed by atoms with van der Waals surface area (Å²) in [7, 11) is 5.61. The van der Waals surface area contributed by atoms with Crippen LogP contribution in [0.2, 0.25) is 0 Å². The number of para-hydroxylation sites is 1. The van der Waals surface area contributed by atoms with Crippen molar-refractivity contribution in [3.63, 3.8) is 0 Å². The third kappa shape index (κ3) is 6.25. The van der Waals surface area contributed by atoms with E-state index < -0.39 is 0 Å². The van der Waals surface area contributed by atoms with Crippen LogP contribution in [0, 0.1) is 13.8 Å². The van der Waals surface area contributed by atoms with Crippen LogP contribution in [0.15, 0.2) is 29.3 Å². The van der Waals surface area contributed by atoms with Crippen molar-refractivity contribution < 1.29 is 9.47 Å². The van der Waals surface area contributed by atoms with Gasteiger partial charge in [0.2, 0.25) is 0 Å². The number of likely N-dealkylation sites (N-methyl/N-ethyl adjacent to an activating group) is 1. The van der Waals surface area contributed by atoms with Gasteiger partial charge in [-0.05, 0) is 25.5 Å². The summed E-state index contributed by atoms with van der Waals surface area (Å²) in [4.78, 5) is 6.72. The summed E-state index contributed by atoms with van der Waals surface area (Å²) in [5.41, 5.74) is 1.13. The molecule has 0 saturated carbocycles. The van der Waals surface area contributed by atoms with Crippen molar-refractivity contribution in [1.82, 2.24) is 25.0 Å². The first kappa shape index (κ1) is 20.7. The molecule has 27 heavy (non-hydrogen) atoms. The summed E-state index contributed by atoms with van der Waals surface area (Å²) in [6.45, 7) is 6.97. The number of aryl methyl sites for hydroxylation is 2. The van der Waals surface area contributed by atoms with Crippen LogP contribution in [0.25, 0.3) is 0 Å². The summed E-state index contributed by atoms with van der Waals surface area (Å²) >= 11 is 0. The van der Waals surface area contributed by atoms with E-state index in [9.17, 15) is 0 Å². The Morgan fingerprint density at radius 2 is 2.00 bits per heavy atom. The van der Waals surface area contributed by atoms with Gasteiger partial charge in [-0.3, -0.25) is 0 Å². The molecular formula is C19H30N6O2. The van der Waals surface area contributed by atoms with Crippen LogP contribution in [0.1, 0.15) is 17.2 Å². The van der Waals surface area contributed by atoms with E-state index in [0.29, 0.717) is 32.8 Å². The molecular weight excluding hydrogens is 344 g/mol. The highest BCUT2D eigenvalue weighted by Crippen LogP contribution is 2.15. The molecule has 0 aliphatic heterocycles. The van der Waals surface area contributed by atoms with Crippen LogP contribution in [0.4, 0.5) is 0 Å². The zero-order chi connectivity index (χ0) is 19.6. The molecule has 148 valence electrons. The molecule has 0 atom stereocenters. The maximum absolute atomic E-state index is 5.89. The molecule has 1 aromatic carbocycles. The van der Waals surface area contributed by atoms with E-state index in [1.807, 2.05) is 61.7 Å². The lowest BCUT2D eigenvalue weighted by atomic mass is 10.2.